The molecule has 0 bridgehead atoms. The maximum atomic E-state index is 15.4. The second-order valence-electron chi connectivity index (χ2n) is 9.88. The van der Waals surface area contributed by atoms with E-state index in [0.717, 1.165) is 6.07 Å². The number of aryl methyl sites for hydroxylation is 1. The van der Waals surface area contributed by atoms with Gasteiger partial charge in [0.15, 0.2) is 0 Å². The van der Waals surface area contributed by atoms with Crippen molar-refractivity contribution in [2.24, 2.45) is 11.8 Å². The van der Waals surface area contributed by atoms with Gasteiger partial charge in [0.05, 0.1) is 24.1 Å². The summed E-state index contributed by atoms with van der Waals surface area (Å²) in [5, 5.41) is 10.5. The van der Waals surface area contributed by atoms with E-state index in [2.05, 4.69) is 4.98 Å². The number of hydrogen-bond acceptors (Lipinski definition) is 4. The minimum atomic E-state index is -4.40. The summed E-state index contributed by atoms with van der Waals surface area (Å²) < 4.78 is 60.4. The van der Waals surface area contributed by atoms with Gasteiger partial charge in [0.1, 0.15) is 11.9 Å². The van der Waals surface area contributed by atoms with Gasteiger partial charge in [-0.3, -0.25) is 9.78 Å². The Hall–Kier alpha value is -3.20. The van der Waals surface area contributed by atoms with E-state index in [4.69, 9.17) is 4.74 Å². The molecule has 0 radical (unpaired) electrons. The number of pyridine rings is 1. The standard InChI is InChI=1S/C29H32F4N2O3/c1-38-21-9-11-27-23(17-21)22(12-14-34-27)26(30)10-8-19-13-16-35(18-24(19)28(36)37)15-4-6-20-5-2-3-7-25(20)29(31,32)33/h2-3,5,7,9,11-12,14,17,19,24,26H,4,6,8,10,13,15-16,18H2,1H3,(H,36,37)/t19-,24+,26-/m1/s1. The number of alkyl halides is 4. The first-order chi connectivity index (χ1) is 18.2. The third-order valence-corrected chi connectivity index (χ3v) is 7.51. The first-order valence-corrected chi connectivity index (χ1v) is 12.8. The monoisotopic (exact) mass is 532 g/mol. The van der Waals surface area contributed by atoms with Gasteiger partial charge in [-0.15, -0.1) is 0 Å². The van der Waals surface area contributed by atoms with Crippen molar-refractivity contribution < 1.29 is 32.2 Å². The molecule has 3 aromatic rings. The number of hydrogen-bond donors (Lipinski definition) is 1. The number of aromatic nitrogens is 1. The largest absolute Gasteiger partial charge is 0.497 e. The van der Waals surface area contributed by atoms with E-state index in [9.17, 15) is 23.1 Å². The molecule has 2 aromatic carbocycles. The summed E-state index contributed by atoms with van der Waals surface area (Å²) in [4.78, 5) is 18.3. The van der Waals surface area contributed by atoms with Crippen LogP contribution in [-0.2, 0) is 17.4 Å². The molecular formula is C29H32F4N2O3. The van der Waals surface area contributed by atoms with E-state index in [0.29, 0.717) is 61.1 Å². The molecule has 5 nitrogen and oxygen atoms in total. The Morgan fingerprint density at radius 3 is 2.74 bits per heavy atom. The number of likely N-dealkylation sites (tertiary alicyclic amines) is 1. The van der Waals surface area contributed by atoms with E-state index in [-0.39, 0.29) is 24.3 Å². The van der Waals surface area contributed by atoms with Crippen molar-refractivity contribution in [3.05, 3.63) is 71.4 Å². The van der Waals surface area contributed by atoms with Gasteiger partial charge in [0.25, 0.3) is 0 Å². The van der Waals surface area contributed by atoms with Crippen LogP contribution in [0.25, 0.3) is 10.9 Å². The molecule has 204 valence electrons. The molecular weight excluding hydrogens is 500 g/mol. The Balaban J connectivity index is 1.34. The van der Waals surface area contributed by atoms with Crippen LogP contribution in [0.3, 0.4) is 0 Å². The van der Waals surface area contributed by atoms with Crippen LogP contribution in [0, 0.1) is 11.8 Å². The Bertz CT molecular complexity index is 1250. The lowest BCUT2D eigenvalue weighted by atomic mass is 9.81. The molecule has 9 heteroatoms. The molecule has 0 aliphatic carbocycles. The predicted octanol–water partition coefficient (Wildman–Crippen LogP) is 6.71. The van der Waals surface area contributed by atoms with Crippen LogP contribution in [0.2, 0.25) is 0 Å². The highest BCUT2D eigenvalue weighted by atomic mass is 19.4. The predicted molar refractivity (Wildman–Crippen MR) is 137 cm³/mol. The highest BCUT2D eigenvalue weighted by Crippen LogP contribution is 2.36. The lowest BCUT2D eigenvalue weighted by Crippen LogP contribution is -2.44. The average molecular weight is 533 g/mol. The second-order valence-corrected chi connectivity index (χ2v) is 9.88. The van der Waals surface area contributed by atoms with Crippen molar-refractivity contribution in [2.75, 3.05) is 26.7 Å². The molecule has 1 aromatic heterocycles. The van der Waals surface area contributed by atoms with Gasteiger partial charge in [-0.1, -0.05) is 18.2 Å². The zero-order valence-corrected chi connectivity index (χ0v) is 21.3. The number of benzene rings is 2. The highest BCUT2D eigenvalue weighted by molar-refractivity contribution is 5.83. The number of carbonyl (C=O) groups is 1. The molecule has 1 aliphatic heterocycles. The second kappa shape index (κ2) is 12.1. The SMILES string of the molecule is COc1ccc2nccc([C@H](F)CC[C@@H]3CCN(CCCc4ccccc4C(F)(F)F)C[C@@H]3C(=O)O)c2c1. The van der Waals surface area contributed by atoms with E-state index < -0.39 is 29.8 Å². The topological polar surface area (TPSA) is 62.7 Å². The molecule has 38 heavy (non-hydrogen) atoms. The third-order valence-electron chi connectivity index (χ3n) is 7.51. The minimum Gasteiger partial charge on any atom is -0.497 e. The van der Waals surface area contributed by atoms with Gasteiger partial charge < -0.3 is 14.7 Å². The van der Waals surface area contributed by atoms with E-state index in [1.54, 1.807) is 43.6 Å². The summed E-state index contributed by atoms with van der Waals surface area (Å²) in [5.74, 6) is -1.13. The number of carboxylic acid groups (broad SMARTS) is 1. The fraction of sp³-hybridized carbons (Fsp3) is 0.448. The molecule has 0 saturated carbocycles. The maximum absolute atomic E-state index is 15.4. The zero-order valence-electron chi connectivity index (χ0n) is 21.3. The summed E-state index contributed by atoms with van der Waals surface area (Å²) >= 11 is 0. The van der Waals surface area contributed by atoms with Gasteiger partial charge in [-0.25, -0.2) is 4.39 Å². The van der Waals surface area contributed by atoms with Crippen molar-refractivity contribution in [2.45, 2.75) is 44.5 Å². The third kappa shape index (κ3) is 6.62. The van der Waals surface area contributed by atoms with Crippen LogP contribution in [0.5, 0.6) is 5.75 Å². The molecule has 4 rings (SSSR count). The van der Waals surface area contributed by atoms with Crippen LogP contribution in [0.4, 0.5) is 17.6 Å². The fourth-order valence-electron chi connectivity index (χ4n) is 5.47. The number of nitrogens with zero attached hydrogens (tertiary/aromatic N) is 2. The molecule has 1 N–H and O–H groups in total. The van der Waals surface area contributed by atoms with Crippen LogP contribution in [0.1, 0.15) is 48.5 Å². The maximum Gasteiger partial charge on any atom is 0.416 e. The fourth-order valence-corrected chi connectivity index (χ4v) is 5.47. The number of aliphatic carboxylic acids is 1. The minimum absolute atomic E-state index is 0.171. The van der Waals surface area contributed by atoms with Crippen molar-refractivity contribution in [3.8, 4) is 5.75 Å². The van der Waals surface area contributed by atoms with E-state index in [1.165, 1.54) is 12.1 Å². The number of rotatable bonds is 10. The quantitative estimate of drug-likeness (QED) is 0.294. The lowest BCUT2D eigenvalue weighted by molar-refractivity contribution is -0.146. The summed E-state index contributed by atoms with van der Waals surface area (Å²) in [6.45, 7) is 1.47. The molecule has 0 unspecified atom stereocenters. The molecule has 1 saturated heterocycles. The number of fused-ring (bicyclic) bond motifs is 1. The Morgan fingerprint density at radius 2 is 2.00 bits per heavy atom. The smallest absolute Gasteiger partial charge is 0.416 e. The average Bonchev–Trinajstić information content (AvgIpc) is 2.91. The number of ether oxygens (including phenoxy) is 1. The van der Waals surface area contributed by atoms with Crippen molar-refractivity contribution in [3.63, 3.8) is 0 Å². The first-order valence-electron chi connectivity index (χ1n) is 12.8. The molecule has 1 aliphatic rings. The summed E-state index contributed by atoms with van der Waals surface area (Å²) in [7, 11) is 1.55. The molecule has 1 fully saturated rings. The zero-order chi connectivity index (χ0) is 27.3. The Labute approximate surface area is 219 Å². The lowest BCUT2D eigenvalue weighted by Gasteiger charge is -2.37. The van der Waals surface area contributed by atoms with Gasteiger partial charge in [0, 0.05) is 18.1 Å². The van der Waals surface area contributed by atoms with Crippen LogP contribution in [0.15, 0.2) is 54.7 Å². The van der Waals surface area contributed by atoms with E-state index >= 15 is 4.39 Å². The Morgan fingerprint density at radius 1 is 1.21 bits per heavy atom. The molecule has 3 atom stereocenters. The van der Waals surface area contributed by atoms with Crippen molar-refractivity contribution in [1.82, 2.24) is 9.88 Å². The first kappa shape index (κ1) is 27.8. The van der Waals surface area contributed by atoms with Gasteiger partial charge in [-0.2, -0.15) is 13.2 Å². The normalized spacial score (nSPS) is 19.4. The highest BCUT2D eigenvalue weighted by Gasteiger charge is 2.35. The van der Waals surface area contributed by atoms with Crippen LogP contribution in [-0.4, -0.2) is 47.7 Å². The molecule has 2 heterocycles. The molecule has 0 amide bonds. The molecule has 0 spiro atoms. The number of halogens is 4. The summed E-state index contributed by atoms with van der Waals surface area (Å²) in [5.41, 5.74) is 0.807. The van der Waals surface area contributed by atoms with Gasteiger partial charge in [-0.05, 0) is 92.6 Å². The van der Waals surface area contributed by atoms with Gasteiger partial charge >= 0.3 is 12.1 Å². The van der Waals surface area contributed by atoms with E-state index in [1.807, 2.05) is 4.90 Å². The number of piperidine rings is 1. The number of carboxylic acids is 1. The Kier molecular flexibility index (Phi) is 8.87. The van der Waals surface area contributed by atoms with Gasteiger partial charge in [0.2, 0.25) is 0 Å². The number of methoxy groups -OCH3 is 1. The van der Waals surface area contributed by atoms with Crippen LogP contribution < -0.4 is 4.74 Å². The summed E-state index contributed by atoms with van der Waals surface area (Å²) in [6, 6.07) is 12.5. The van der Waals surface area contributed by atoms with Crippen LogP contribution >= 0.6 is 0 Å². The summed E-state index contributed by atoms with van der Waals surface area (Å²) in [6.07, 6.45) is -2.11. The van der Waals surface area contributed by atoms with Crippen molar-refractivity contribution in [1.29, 1.82) is 0 Å². The van der Waals surface area contributed by atoms with Crippen molar-refractivity contribution >= 4 is 16.9 Å².